The van der Waals surface area contributed by atoms with Gasteiger partial charge in [-0.15, -0.1) is 0 Å². The molecule has 4 rings (SSSR count). The van der Waals surface area contributed by atoms with Crippen molar-refractivity contribution in [2.24, 2.45) is 0 Å². The lowest BCUT2D eigenvalue weighted by molar-refractivity contribution is 0.312. The van der Waals surface area contributed by atoms with Crippen LogP contribution in [-0.2, 0) is 13.0 Å². The number of hydrogen-bond donors (Lipinski definition) is 2. The second kappa shape index (κ2) is 4.21. The van der Waals surface area contributed by atoms with E-state index in [2.05, 4.69) is 58.3 Å². The van der Waals surface area contributed by atoms with Gasteiger partial charge in [-0.2, -0.15) is 5.10 Å². The summed E-state index contributed by atoms with van der Waals surface area (Å²) in [5.41, 5.74) is 7.37. The predicted molar refractivity (Wildman–Crippen MR) is 80.7 cm³/mol. The molecule has 0 atom stereocenters. The highest BCUT2D eigenvalue weighted by Crippen LogP contribution is 2.35. The molecule has 2 N–H and O–H groups in total. The van der Waals surface area contributed by atoms with Crippen molar-refractivity contribution in [1.29, 1.82) is 0 Å². The zero-order valence-corrected chi connectivity index (χ0v) is 11.8. The van der Waals surface area contributed by atoms with Crippen molar-refractivity contribution >= 4 is 10.9 Å². The Morgan fingerprint density at radius 2 is 2.10 bits per heavy atom. The van der Waals surface area contributed by atoms with Crippen LogP contribution in [0.3, 0.4) is 0 Å². The topological polar surface area (TPSA) is 47.7 Å². The molecule has 0 unspecified atom stereocenters. The van der Waals surface area contributed by atoms with Crippen molar-refractivity contribution < 1.29 is 0 Å². The minimum atomic E-state index is 0.972. The summed E-state index contributed by atoms with van der Waals surface area (Å²) in [6.45, 7) is 4.20. The zero-order valence-electron chi connectivity index (χ0n) is 11.8. The molecular weight excluding hydrogens is 248 g/mol. The van der Waals surface area contributed by atoms with Gasteiger partial charge < -0.3 is 9.88 Å². The van der Waals surface area contributed by atoms with Crippen molar-refractivity contribution in [3.63, 3.8) is 0 Å². The molecule has 0 amide bonds. The molecule has 1 aromatic carbocycles. The Morgan fingerprint density at radius 1 is 1.25 bits per heavy atom. The summed E-state index contributed by atoms with van der Waals surface area (Å²) in [5, 5.41) is 9.11. The first-order valence-corrected chi connectivity index (χ1v) is 7.06. The molecule has 0 saturated carbocycles. The highest BCUT2D eigenvalue weighted by Gasteiger charge is 2.23. The largest absolute Gasteiger partial charge is 0.358 e. The average molecular weight is 266 g/mol. The summed E-state index contributed by atoms with van der Waals surface area (Å²) >= 11 is 0. The fourth-order valence-electron chi connectivity index (χ4n) is 3.22. The van der Waals surface area contributed by atoms with E-state index < -0.39 is 0 Å². The average Bonchev–Trinajstić information content (AvgIpc) is 2.98. The van der Waals surface area contributed by atoms with E-state index in [-0.39, 0.29) is 0 Å². The van der Waals surface area contributed by atoms with E-state index in [9.17, 15) is 0 Å². The van der Waals surface area contributed by atoms with E-state index in [4.69, 9.17) is 0 Å². The number of fused-ring (bicyclic) bond motifs is 2. The molecule has 1 aliphatic rings. The van der Waals surface area contributed by atoms with Crippen LogP contribution >= 0.6 is 0 Å². The molecule has 0 radical (unpaired) electrons. The van der Waals surface area contributed by atoms with E-state index in [0.29, 0.717) is 0 Å². The molecule has 0 aliphatic carbocycles. The summed E-state index contributed by atoms with van der Waals surface area (Å²) in [5.74, 6) is 0. The van der Waals surface area contributed by atoms with Crippen LogP contribution < -0.4 is 0 Å². The third-order valence-corrected chi connectivity index (χ3v) is 4.25. The Bertz CT molecular complexity index is 781. The molecule has 0 spiro atoms. The van der Waals surface area contributed by atoms with E-state index in [0.717, 1.165) is 25.2 Å². The number of nitrogens with one attached hydrogen (secondary N) is 2. The highest BCUT2D eigenvalue weighted by atomic mass is 15.2. The molecule has 0 bridgehead atoms. The number of aryl methyl sites for hydroxylation is 1. The molecule has 3 heterocycles. The quantitative estimate of drug-likeness (QED) is 0.711. The molecule has 4 heteroatoms. The normalized spacial score (nSPS) is 15.7. The predicted octanol–water partition coefficient (Wildman–Crippen LogP) is 2.85. The fourth-order valence-corrected chi connectivity index (χ4v) is 3.22. The lowest BCUT2D eigenvalue weighted by atomic mass is 9.99. The maximum Gasteiger partial charge on any atom is 0.0992 e. The molecule has 2 aromatic heterocycles. The number of benzene rings is 1. The zero-order chi connectivity index (χ0) is 13.7. The van der Waals surface area contributed by atoms with Gasteiger partial charge >= 0.3 is 0 Å². The Kier molecular flexibility index (Phi) is 2.47. The van der Waals surface area contributed by atoms with E-state index in [1.807, 2.05) is 0 Å². The smallest absolute Gasteiger partial charge is 0.0992 e. The molecule has 102 valence electrons. The molecular formula is C16H18N4. The summed E-state index contributed by atoms with van der Waals surface area (Å²) in [6, 6.07) is 8.44. The first kappa shape index (κ1) is 11.7. The minimum absolute atomic E-state index is 0.972. The van der Waals surface area contributed by atoms with Gasteiger partial charge in [0.15, 0.2) is 0 Å². The van der Waals surface area contributed by atoms with Crippen LogP contribution in [0.2, 0.25) is 0 Å². The lowest BCUT2D eigenvalue weighted by Crippen LogP contribution is -2.26. The van der Waals surface area contributed by atoms with Crippen molar-refractivity contribution in [3.8, 4) is 11.3 Å². The van der Waals surface area contributed by atoms with E-state index in [1.165, 1.54) is 33.4 Å². The van der Waals surface area contributed by atoms with Crippen LogP contribution in [-0.4, -0.2) is 33.7 Å². The summed E-state index contributed by atoms with van der Waals surface area (Å²) in [6.07, 6.45) is 1.06. The number of likely N-dealkylation sites (N-methyl/N-ethyl adjacent to an activating group) is 1. The number of nitrogens with zero attached hydrogens (tertiary/aromatic N) is 2. The van der Waals surface area contributed by atoms with Crippen LogP contribution in [0.25, 0.3) is 22.2 Å². The number of aromatic nitrogens is 3. The number of rotatable bonds is 1. The van der Waals surface area contributed by atoms with Crippen molar-refractivity contribution in [3.05, 3.63) is 41.2 Å². The van der Waals surface area contributed by atoms with Gasteiger partial charge in [-0.25, -0.2) is 0 Å². The molecule has 20 heavy (non-hydrogen) atoms. The summed E-state index contributed by atoms with van der Waals surface area (Å²) < 4.78 is 0. The van der Waals surface area contributed by atoms with Crippen LogP contribution in [0.4, 0.5) is 0 Å². The highest BCUT2D eigenvalue weighted by molar-refractivity contribution is 5.97. The van der Waals surface area contributed by atoms with Crippen LogP contribution in [0.5, 0.6) is 0 Å². The molecule has 3 aromatic rings. The van der Waals surface area contributed by atoms with Gasteiger partial charge in [0, 0.05) is 52.9 Å². The fraction of sp³-hybridized carbons (Fsp3) is 0.312. The second-order valence-corrected chi connectivity index (χ2v) is 5.69. The number of para-hydroxylation sites is 1. The Morgan fingerprint density at radius 3 is 3.00 bits per heavy atom. The minimum Gasteiger partial charge on any atom is -0.358 e. The van der Waals surface area contributed by atoms with Crippen LogP contribution in [0.15, 0.2) is 24.3 Å². The Balaban J connectivity index is 1.96. The van der Waals surface area contributed by atoms with Gasteiger partial charge in [-0.3, -0.25) is 5.10 Å². The Labute approximate surface area is 117 Å². The third kappa shape index (κ3) is 1.61. The Hall–Kier alpha value is -2.07. The number of hydrogen-bond acceptors (Lipinski definition) is 2. The van der Waals surface area contributed by atoms with E-state index >= 15 is 0 Å². The number of aromatic amines is 2. The molecule has 0 fully saturated rings. The van der Waals surface area contributed by atoms with Gasteiger partial charge in [-0.1, -0.05) is 18.2 Å². The molecule has 4 nitrogen and oxygen atoms in total. The SMILES string of the molecule is Cc1[nH]c2ccccc2c1-c1n[nH]c2c1CN(C)CC2. The van der Waals surface area contributed by atoms with Crippen molar-refractivity contribution in [2.45, 2.75) is 19.9 Å². The maximum atomic E-state index is 4.61. The molecule has 1 aliphatic heterocycles. The van der Waals surface area contributed by atoms with Crippen LogP contribution in [0.1, 0.15) is 17.0 Å². The number of H-pyrrole nitrogens is 2. The lowest BCUT2D eigenvalue weighted by Gasteiger charge is -2.22. The summed E-state index contributed by atoms with van der Waals surface area (Å²) in [4.78, 5) is 5.82. The van der Waals surface area contributed by atoms with Gasteiger partial charge in [0.1, 0.15) is 0 Å². The monoisotopic (exact) mass is 266 g/mol. The maximum absolute atomic E-state index is 4.61. The first-order valence-electron chi connectivity index (χ1n) is 7.06. The second-order valence-electron chi connectivity index (χ2n) is 5.69. The van der Waals surface area contributed by atoms with Crippen LogP contribution in [0, 0.1) is 6.92 Å². The van der Waals surface area contributed by atoms with Gasteiger partial charge in [0.25, 0.3) is 0 Å². The van der Waals surface area contributed by atoms with Crippen molar-refractivity contribution in [2.75, 3.05) is 13.6 Å². The first-order chi connectivity index (χ1) is 9.74. The van der Waals surface area contributed by atoms with Gasteiger partial charge in [-0.05, 0) is 20.0 Å². The standard InChI is InChI=1S/C16H18N4/c1-10-15(11-5-3-4-6-13(11)17-10)16-12-9-20(2)8-7-14(12)18-19-16/h3-6,17H,7-9H2,1-2H3,(H,18,19). The third-order valence-electron chi connectivity index (χ3n) is 4.25. The summed E-state index contributed by atoms with van der Waals surface area (Å²) in [7, 11) is 2.17. The van der Waals surface area contributed by atoms with Gasteiger partial charge in [0.05, 0.1) is 5.69 Å². The van der Waals surface area contributed by atoms with Crippen molar-refractivity contribution in [1.82, 2.24) is 20.1 Å². The molecule has 0 saturated heterocycles. The van der Waals surface area contributed by atoms with E-state index in [1.54, 1.807) is 0 Å². The van der Waals surface area contributed by atoms with Gasteiger partial charge in [0.2, 0.25) is 0 Å².